The summed E-state index contributed by atoms with van der Waals surface area (Å²) in [7, 11) is 0. The van der Waals surface area contributed by atoms with Crippen molar-refractivity contribution in [3.05, 3.63) is 30.1 Å². The lowest BCUT2D eigenvalue weighted by Gasteiger charge is -2.34. The molecule has 128 valence electrons. The predicted molar refractivity (Wildman–Crippen MR) is 89.9 cm³/mol. The van der Waals surface area contributed by atoms with Crippen molar-refractivity contribution in [2.45, 2.75) is 44.6 Å². The number of hydrogen-bond donors (Lipinski definition) is 2. The highest BCUT2D eigenvalue weighted by Gasteiger charge is 2.33. The van der Waals surface area contributed by atoms with E-state index in [9.17, 15) is 14.0 Å². The van der Waals surface area contributed by atoms with Crippen molar-refractivity contribution < 1.29 is 19.1 Å². The first-order valence-electron chi connectivity index (χ1n) is 7.56. The largest absolute Gasteiger partial charge is 0.481 e. The third-order valence-electron chi connectivity index (χ3n) is 3.96. The zero-order valence-electron chi connectivity index (χ0n) is 13.9. The molecule has 0 aliphatic rings. The first-order valence-corrected chi connectivity index (χ1v) is 8.55. The van der Waals surface area contributed by atoms with Gasteiger partial charge in [0.25, 0.3) is 0 Å². The summed E-state index contributed by atoms with van der Waals surface area (Å²) in [4.78, 5) is 24.3. The number of amides is 1. The van der Waals surface area contributed by atoms with E-state index < -0.39 is 11.5 Å². The molecule has 0 radical (unpaired) electrons. The normalized spacial score (nSPS) is 15.0. The number of aliphatic carboxylic acids is 1. The summed E-state index contributed by atoms with van der Waals surface area (Å²) in [6, 6.07) is 6.12. The first kappa shape index (κ1) is 19.5. The molecule has 1 aromatic rings. The maximum atomic E-state index is 12.9. The van der Waals surface area contributed by atoms with Crippen molar-refractivity contribution in [3.63, 3.8) is 0 Å². The van der Waals surface area contributed by atoms with Crippen LogP contribution in [0.15, 0.2) is 29.2 Å². The minimum Gasteiger partial charge on any atom is -0.481 e. The highest BCUT2D eigenvalue weighted by atomic mass is 32.2. The number of thioether (sulfide) groups is 1. The molecular weight excluding hydrogens is 317 g/mol. The molecule has 0 heterocycles. The van der Waals surface area contributed by atoms with E-state index in [1.54, 1.807) is 26.0 Å². The first-order chi connectivity index (χ1) is 10.6. The molecule has 2 N–H and O–H groups in total. The van der Waals surface area contributed by atoms with Gasteiger partial charge in [0.15, 0.2) is 0 Å². The lowest BCUT2D eigenvalue weighted by Crippen LogP contribution is -2.53. The summed E-state index contributed by atoms with van der Waals surface area (Å²) < 4.78 is 12.9. The summed E-state index contributed by atoms with van der Waals surface area (Å²) in [5.74, 6) is -1.14. The van der Waals surface area contributed by atoms with Gasteiger partial charge in [-0.15, -0.1) is 11.8 Å². The van der Waals surface area contributed by atoms with Gasteiger partial charge in [0.1, 0.15) is 5.82 Å². The van der Waals surface area contributed by atoms with E-state index in [1.165, 1.54) is 23.9 Å². The second kappa shape index (κ2) is 8.34. The molecule has 0 aromatic heterocycles. The number of hydrogen-bond acceptors (Lipinski definition) is 3. The van der Waals surface area contributed by atoms with Crippen LogP contribution in [0.5, 0.6) is 0 Å². The van der Waals surface area contributed by atoms with Crippen molar-refractivity contribution in [2.75, 3.05) is 5.75 Å². The number of carbonyl (C=O) groups is 2. The average Bonchev–Trinajstić information content (AvgIpc) is 2.45. The van der Waals surface area contributed by atoms with Crippen LogP contribution in [0.3, 0.4) is 0 Å². The maximum Gasteiger partial charge on any atom is 0.305 e. The van der Waals surface area contributed by atoms with Crippen molar-refractivity contribution in [1.29, 1.82) is 0 Å². The zero-order valence-corrected chi connectivity index (χ0v) is 14.7. The van der Waals surface area contributed by atoms with Crippen molar-refractivity contribution in [3.8, 4) is 0 Å². The topological polar surface area (TPSA) is 66.4 Å². The third kappa shape index (κ3) is 6.22. The molecule has 23 heavy (non-hydrogen) atoms. The van der Waals surface area contributed by atoms with E-state index in [1.807, 2.05) is 13.8 Å². The molecule has 2 unspecified atom stereocenters. The zero-order chi connectivity index (χ0) is 17.6. The molecular formula is C17H24FNO3S. The fourth-order valence-corrected chi connectivity index (χ4v) is 2.86. The number of rotatable bonds is 8. The van der Waals surface area contributed by atoms with Gasteiger partial charge in [-0.25, -0.2) is 4.39 Å². The summed E-state index contributed by atoms with van der Waals surface area (Å²) in [5, 5.41) is 11.9. The van der Waals surface area contributed by atoms with Gasteiger partial charge in [0, 0.05) is 22.1 Å². The number of nitrogens with one attached hydrogen (secondary N) is 1. The van der Waals surface area contributed by atoms with Gasteiger partial charge in [-0.3, -0.25) is 9.59 Å². The Labute approximate surface area is 140 Å². The molecule has 0 spiro atoms. The van der Waals surface area contributed by atoms with Gasteiger partial charge in [0.2, 0.25) is 5.91 Å². The van der Waals surface area contributed by atoms with Gasteiger partial charge in [0.05, 0.1) is 6.42 Å². The van der Waals surface area contributed by atoms with Crippen molar-refractivity contribution >= 4 is 23.6 Å². The van der Waals surface area contributed by atoms with E-state index in [0.29, 0.717) is 5.75 Å². The summed E-state index contributed by atoms with van der Waals surface area (Å²) in [5.41, 5.74) is -0.780. The number of benzene rings is 1. The van der Waals surface area contributed by atoms with Gasteiger partial charge < -0.3 is 10.4 Å². The molecule has 0 saturated carbocycles. The van der Waals surface area contributed by atoms with Crippen LogP contribution >= 0.6 is 11.8 Å². The predicted octanol–water partition coefficient (Wildman–Crippen LogP) is 3.56. The average molecular weight is 341 g/mol. The Morgan fingerprint density at radius 2 is 1.83 bits per heavy atom. The highest BCUT2D eigenvalue weighted by Crippen LogP contribution is 2.24. The van der Waals surface area contributed by atoms with Crippen LogP contribution in [0.25, 0.3) is 0 Å². The lowest BCUT2D eigenvalue weighted by atomic mass is 9.84. The molecule has 1 amide bonds. The minimum absolute atomic E-state index is 0.000461. The van der Waals surface area contributed by atoms with Crippen molar-refractivity contribution in [2.24, 2.45) is 11.8 Å². The van der Waals surface area contributed by atoms with Crippen LogP contribution < -0.4 is 5.32 Å². The fourth-order valence-electron chi connectivity index (χ4n) is 1.94. The van der Waals surface area contributed by atoms with Gasteiger partial charge in [-0.2, -0.15) is 0 Å². The summed E-state index contributed by atoms with van der Waals surface area (Å²) in [6.45, 7) is 7.33. The summed E-state index contributed by atoms with van der Waals surface area (Å²) >= 11 is 1.47. The van der Waals surface area contributed by atoms with Gasteiger partial charge >= 0.3 is 5.97 Å². The molecule has 1 rings (SSSR count). The van der Waals surface area contributed by atoms with E-state index >= 15 is 0 Å². The number of halogens is 1. The second-order valence-corrected chi connectivity index (χ2v) is 7.39. The fraction of sp³-hybridized carbons (Fsp3) is 0.529. The lowest BCUT2D eigenvalue weighted by molar-refractivity contribution is -0.139. The molecule has 4 nitrogen and oxygen atoms in total. The highest BCUT2D eigenvalue weighted by molar-refractivity contribution is 7.99. The Hall–Kier alpha value is -1.56. The van der Waals surface area contributed by atoms with Crippen LogP contribution in [-0.2, 0) is 9.59 Å². The molecule has 0 aliphatic heterocycles. The molecule has 0 aliphatic carbocycles. The van der Waals surface area contributed by atoms with Crippen LogP contribution in [0.4, 0.5) is 4.39 Å². The third-order valence-corrected chi connectivity index (χ3v) is 5.23. The number of carbonyl (C=O) groups excluding carboxylic acids is 1. The van der Waals surface area contributed by atoms with Gasteiger partial charge in [-0.1, -0.05) is 20.8 Å². The van der Waals surface area contributed by atoms with Crippen LogP contribution in [0.2, 0.25) is 0 Å². The molecule has 2 atom stereocenters. The molecule has 0 fully saturated rings. The molecule has 0 saturated heterocycles. The van der Waals surface area contributed by atoms with E-state index in [2.05, 4.69) is 5.32 Å². The minimum atomic E-state index is -0.935. The van der Waals surface area contributed by atoms with E-state index in [0.717, 1.165) is 4.90 Å². The quantitative estimate of drug-likeness (QED) is 0.710. The Balaban J connectivity index is 2.61. The molecule has 6 heteroatoms. The van der Waals surface area contributed by atoms with Crippen LogP contribution in [-0.4, -0.2) is 28.3 Å². The SMILES string of the molecule is CC(CSc1ccc(F)cc1)C(=O)NC(C)(CC(=O)O)C(C)C. The second-order valence-electron chi connectivity index (χ2n) is 6.30. The standard InChI is InChI=1S/C17H24FNO3S/c1-11(2)17(4,9-15(20)21)19-16(22)12(3)10-23-14-7-5-13(18)6-8-14/h5-8,11-12H,9-10H2,1-4H3,(H,19,22)(H,20,21). The monoisotopic (exact) mass is 341 g/mol. The number of carboxylic acid groups (broad SMARTS) is 1. The molecule has 1 aromatic carbocycles. The van der Waals surface area contributed by atoms with Crippen molar-refractivity contribution in [1.82, 2.24) is 5.32 Å². The van der Waals surface area contributed by atoms with Crippen LogP contribution in [0, 0.1) is 17.7 Å². The number of carboxylic acids is 1. The smallest absolute Gasteiger partial charge is 0.305 e. The Kier molecular flexibility index (Phi) is 7.06. The Morgan fingerprint density at radius 1 is 1.26 bits per heavy atom. The Bertz CT molecular complexity index is 547. The van der Waals surface area contributed by atoms with E-state index in [4.69, 9.17) is 5.11 Å². The maximum absolute atomic E-state index is 12.9. The van der Waals surface area contributed by atoms with Gasteiger partial charge in [-0.05, 0) is 37.1 Å². The van der Waals surface area contributed by atoms with Crippen LogP contribution in [0.1, 0.15) is 34.1 Å². The Morgan fingerprint density at radius 3 is 2.30 bits per heavy atom. The molecule has 0 bridgehead atoms. The summed E-state index contributed by atoms with van der Waals surface area (Å²) in [6.07, 6.45) is -0.117. The van der Waals surface area contributed by atoms with E-state index in [-0.39, 0.29) is 30.0 Å².